The van der Waals surface area contributed by atoms with Gasteiger partial charge in [0.15, 0.2) is 0 Å². The molecular formula is C12H10F3N3O. The van der Waals surface area contributed by atoms with Crippen molar-refractivity contribution in [3.63, 3.8) is 0 Å². The third-order valence-corrected chi connectivity index (χ3v) is 2.40. The zero-order valence-electron chi connectivity index (χ0n) is 9.66. The molecule has 100 valence electrons. The number of carbonyl (C=O) groups excluding carboxylic acids is 1. The van der Waals surface area contributed by atoms with Gasteiger partial charge < -0.3 is 5.32 Å². The zero-order valence-corrected chi connectivity index (χ0v) is 9.66. The van der Waals surface area contributed by atoms with E-state index in [9.17, 15) is 18.0 Å². The van der Waals surface area contributed by atoms with E-state index in [-0.39, 0.29) is 5.56 Å². The molecule has 0 radical (unpaired) electrons. The van der Waals surface area contributed by atoms with Crippen LogP contribution in [-0.2, 0) is 0 Å². The molecule has 2 N–H and O–H groups in total. The number of H-pyrrole nitrogens is 1. The number of nitrogens with one attached hydrogen (secondary N) is 2. The Morgan fingerprint density at radius 1 is 1.26 bits per heavy atom. The number of aromatic amines is 1. The van der Waals surface area contributed by atoms with Crippen LogP contribution < -0.4 is 5.32 Å². The van der Waals surface area contributed by atoms with E-state index in [1.807, 2.05) is 5.32 Å². The highest BCUT2D eigenvalue weighted by molar-refractivity contribution is 5.99. The molecule has 0 atom stereocenters. The van der Waals surface area contributed by atoms with Gasteiger partial charge in [-0.3, -0.25) is 9.89 Å². The summed E-state index contributed by atoms with van der Waals surface area (Å²) in [6.07, 6.45) is -3.24. The van der Waals surface area contributed by atoms with Crippen LogP contribution in [0.15, 0.2) is 36.5 Å². The quantitative estimate of drug-likeness (QED) is 0.898. The van der Waals surface area contributed by atoms with Crippen molar-refractivity contribution in [2.75, 3.05) is 6.54 Å². The van der Waals surface area contributed by atoms with Crippen molar-refractivity contribution < 1.29 is 18.0 Å². The Kier molecular flexibility index (Phi) is 3.55. The monoisotopic (exact) mass is 269 g/mol. The summed E-state index contributed by atoms with van der Waals surface area (Å²) in [6.45, 7) is -1.37. The minimum atomic E-state index is -4.44. The second-order valence-electron chi connectivity index (χ2n) is 3.82. The first-order valence-electron chi connectivity index (χ1n) is 5.41. The highest BCUT2D eigenvalue weighted by Gasteiger charge is 2.28. The first-order chi connectivity index (χ1) is 8.97. The molecule has 0 unspecified atom stereocenters. The van der Waals surface area contributed by atoms with Crippen LogP contribution in [0, 0.1) is 0 Å². The standard InChI is InChI=1S/C12H10F3N3O/c13-12(14,15)7-16-11(19)9-6-17-18-10(9)8-4-2-1-3-5-8/h1-6H,7H2,(H,16,19)(H,17,18). The molecular weight excluding hydrogens is 259 g/mol. The first-order valence-corrected chi connectivity index (χ1v) is 5.41. The fourth-order valence-corrected chi connectivity index (χ4v) is 1.56. The third kappa shape index (κ3) is 3.34. The predicted octanol–water partition coefficient (Wildman–Crippen LogP) is 2.37. The third-order valence-electron chi connectivity index (χ3n) is 2.40. The molecule has 1 aromatic carbocycles. The number of hydrogen-bond donors (Lipinski definition) is 2. The van der Waals surface area contributed by atoms with E-state index in [4.69, 9.17) is 0 Å². The molecule has 0 saturated carbocycles. The van der Waals surface area contributed by atoms with Crippen LogP contribution in [0.2, 0.25) is 0 Å². The minimum absolute atomic E-state index is 0.0791. The van der Waals surface area contributed by atoms with E-state index >= 15 is 0 Å². The fourth-order valence-electron chi connectivity index (χ4n) is 1.56. The molecule has 2 rings (SSSR count). The van der Waals surface area contributed by atoms with Gasteiger partial charge in [0, 0.05) is 5.56 Å². The molecule has 4 nitrogen and oxygen atoms in total. The number of rotatable bonds is 3. The van der Waals surface area contributed by atoms with Gasteiger partial charge in [-0.1, -0.05) is 30.3 Å². The fraction of sp³-hybridized carbons (Fsp3) is 0.167. The summed E-state index contributed by atoms with van der Waals surface area (Å²) >= 11 is 0. The average molecular weight is 269 g/mol. The summed E-state index contributed by atoms with van der Waals surface area (Å²) in [6, 6.07) is 8.77. The molecule has 7 heteroatoms. The van der Waals surface area contributed by atoms with Gasteiger partial charge in [0.1, 0.15) is 6.54 Å². The van der Waals surface area contributed by atoms with Crippen LogP contribution in [0.3, 0.4) is 0 Å². The Balaban J connectivity index is 2.18. The normalized spacial score (nSPS) is 11.3. The molecule has 1 aromatic heterocycles. The number of benzene rings is 1. The van der Waals surface area contributed by atoms with Gasteiger partial charge in [-0.2, -0.15) is 18.3 Å². The summed E-state index contributed by atoms with van der Waals surface area (Å²) in [5.74, 6) is -0.815. The Morgan fingerprint density at radius 3 is 2.58 bits per heavy atom. The molecule has 2 aromatic rings. The molecule has 1 heterocycles. The molecule has 0 aliphatic rings. The highest BCUT2D eigenvalue weighted by Crippen LogP contribution is 2.21. The van der Waals surface area contributed by atoms with Gasteiger partial charge in [-0.15, -0.1) is 0 Å². The van der Waals surface area contributed by atoms with Crippen molar-refractivity contribution in [1.82, 2.24) is 15.5 Å². The smallest absolute Gasteiger partial charge is 0.343 e. The van der Waals surface area contributed by atoms with E-state index in [0.29, 0.717) is 11.3 Å². The van der Waals surface area contributed by atoms with Crippen molar-refractivity contribution in [2.45, 2.75) is 6.18 Å². The lowest BCUT2D eigenvalue weighted by Crippen LogP contribution is -2.33. The zero-order chi connectivity index (χ0) is 13.9. The van der Waals surface area contributed by atoms with Gasteiger partial charge in [0.25, 0.3) is 5.91 Å². The molecule has 0 fully saturated rings. The van der Waals surface area contributed by atoms with Crippen LogP contribution in [0.25, 0.3) is 11.3 Å². The summed E-state index contributed by atoms with van der Waals surface area (Å²) < 4.78 is 36.1. The number of amides is 1. The minimum Gasteiger partial charge on any atom is -0.343 e. The van der Waals surface area contributed by atoms with E-state index in [1.54, 1.807) is 30.3 Å². The van der Waals surface area contributed by atoms with Crippen molar-refractivity contribution in [2.24, 2.45) is 0 Å². The second-order valence-corrected chi connectivity index (χ2v) is 3.82. The van der Waals surface area contributed by atoms with Crippen LogP contribution in [0.1, 0.15) is 10.4 Å². The average Bonchev–Trinajstić information content (AvgIpc) is 2.85. The first kappa shape index (κ1) is 13.1. The molecule has 0 spiro atoms. The number of aromatic nitrogens is 2. The molecule has 0 aliphatic heterocycles. The lowest BCUT2D eigenvalue weighted by molar-refractivity contribution is -0.123. The molecule has 0 bridgehead atoms. The lowest BCUT2D eigenvalue weighted by Gasteiger charge is -2.08. The summed E-state index contributed by atoms with van der Waals surface area (Å²) in [5.41, 5.74) is 1.15. The van der Waals surface area contributed by atoms with Gasteiger partial charge >= 0.3 is 6.18 Å². The largest absolute Gasteiger partial charge is 0.405 e. The topological polar surface area (TPSA) is 57.8 Å². The van der Waals surface area contributed by atoms with Crippen molar-refractivity contribution >= 4 is 5.91 Å². The molecule has 1 amide bonds. The number of hydrogen-bond acceptors (Lipinski definition) is 2. The summed E-state index contributed by atoms with van der Waals surface area (Å²) in [7, 11) is 0. The van der Waals surface area contributed by atoms with Crippen molar-refractivity contribution in [1.29, 1.82) is 0 Å². The van der Waals surface area contributed by atoms with E-state index in [2.05, 4.69) is 10.2 Å². The SMILES string of the molecule is O=C(NCC(F)(F)F)c1cn[nH]c1-c1ccccc1. The lowest BCUT2D eigenvalue weighted by atomic mass is 10.1. The van der Waals surface area contributed by atoms with Gasteiger partial charge in [-0.05, 0) is 0 Å². The maximum Gasteiger partial charge on any atom is 0.405 e. The molecule has 0 aliphatic carbocycles. The van der Waals surface area contributed by atoms with Gasteiger partial charge in [0.05, 0.1) is 17.5 Å². The Labute approximate surface area is 106 Å². The van der Waals surface area contributed by atoms with Crippen LogP contribution >= 0.6 is 0 Å². The van der Waals surface area contributed by atoms with Gasteiger partial charge in [-0.25, -0.2) is 0 Å². The van der Waals surface area contributed by atoms with Crippen LogP contribution in [-0.4, -0.2) is 28.8 Å². The van der Waals surface area contributed by atoms with Crippen LogP contribution in [0.5, 0.6) is 0 Å². The number of halogens is 3. The Morgan fingerprint density at radius 2 is 1.95 bits per heavy atom. The maximum absolute atomic E-state index is 12.0. The van der Waals surface area contributed by atoms with E-state index in [1.165, 1.54) is 6.20 Å². The number of nitrogens with zero attached hydrogens (tertiary/aromatic N) is 1. The number of carbonyl (C=O) groups is 1. The second kappa shape index (κ2) is 5.13. The predicted molar refractivity (Wildman–Crippen MR) is 62.4 cm³/mol. The van der Waals surface area contributed by atoms with Gasteiger partial charge in [0.2, 0.25) is 0 Å². The molecule has 0 saturated heterocycles. The van der Waals surface area contributed by atoms with E-state index < -0.39 is 18.6 Å². The van der Waals surface area contributed by atoms with Crippen LogP contribution in [0.4, 0.5) is 13.2 Å². The highest BCUT2D eigenvalue weighted by atomic mass is 19.4. The Hall–Kier alpha value is -2.31. The summed E-state index contributed by atoms with van der Waals surface area (Å²) in [4.78, 5) is 11.7. The Bertz CT molecular complexity index is 563. The molecule has 19 heavy (non-hydrogen) atoms. The van der Waals surface area contributed by atoms with Crippen molar-refractivity contribution in [3.8, 4) is 11.3 Å². The maximum atomic E-state index is 12.0. The van der Waals surface area contributed by atoms with E-state index in [0.717, 1.165) is 0 Å². The van der Waals surface area contributed by atoms with Crippen molar-refractivity contribution in [3.05, 3.63) is 42.1 Å². The number of alkyl halides is 3. The summed E-state index contributed by atoms with van der Waals surface area (Å²) in [5, 5.41) is 8.12.